The highest BCUT2D eigenvalue weighted by molar-refractivity contribution is 5.71. The van der Waals surface area contributed by atoms with Gasteiger partial charge in [0.05, 0.1) is 18.8 Å². The van der Waals surface area contributed by atoms with Crippen molar-refractivity contribution in [1.82, 2.24) is 4.90 Å². The molecule has 0 unspecified atom stereocenters. The molecule has 20 heavy (non-hydrogen) atoms. The van der Waals surface area contributed by atoms with E-state index in [1.807, 2.05) is 6.92 Å². The maximum Gasteiger partial charge on any atom is 0.320 e. The first-order valence-electron chi connectivity index (χ1n) is 8.03. The third kappa shape index (κ3) is 3.73. The molecule has 2 fully saturated rings. The summed E-state index contributed by atoms with van der Waals surface area (Å²) in [6.07, 6.45) is 5.76. The highest BCUT2D eigenvalue weighted by Gasteiger charge is 2.44. The summed E-state index contributed by atoms with van der Waals surface area (Å²) < 4.78 is 11.1. The highest BCUT2D eigenvalue weighted by Crippen LogP contribution is 2.45. The summed E-state index contributed by atoms with van der Waals surface area (Å²) in [5.41, 5.74) is 0.360. The van der Waals surface area contributed by atoms with Crippen LogP contribution in [-0.4, -0.2) is 49.3 Å². The van der Waals surface area contributed by atoms with E-state index in [0.717, 1.165) is 39.0 Å². The molecule has 0 bridgehead atoms. The molecule has 0 N–H and O–H groups in total. The van der Waals surface area contributed by atoms with Crippen molar-refractivity contribution in [3.05, 3.63) is 0 Å². The summed E-state index contributed by atoms with van der Waals surface area (Å²) in [7, 11) is 0. The Kier molecular flexibility index (Phi) is 5.08. The fourth-order valence-electron chi connectivity index (χ4n) is 3.86. The van der Waals surface area contributed by atoms with Crippen LogP contribution in [0.4, 0.5) is 0 Å². The minimum atomic E-state index is -0.0881. The smallest absolute Gasteiger partial charge is 0.320 e. The monoisotopic (exact) mass is 283 g/mol. The number of rotatable bonds is 4. The predicted octanol–water partition coefficient (Wildman–Crippen LogP) is 2.61. The van der Waals surface area contributed by atoms with Gasteiger partial charge in [-0.2, -0.15) is 0 Å². The Morgan fingerprint density at radius 3 is 2.85 bits per heavy atom. The van der Waals surface area contributed by atoms with Crippen molar-refractivity contribution in [2.24, 2.45) is 5.41 Å². The Bertz CT molecular complexity index is 343. The zero-order valence-electron chi connectivity index (χ0n) is 13.2. The van der Waals surface area contributed by atoms with E-state index in [4.69, 9.17) is 9.47 Å². The fraction of sp³-hybridized carbons (Fsp3) is 0.938. The largest absolute Gasteiger partial charge is 0.465 e. The predicted molar refractivity (Wildman–Crippen MR) is 78.6 cm³/mol. The van der Waals surface area contributed by atoms with Gasteiger partial charge >= 0.3 is 5.97 Å². The molecule has 0 radical (unpaired) electrons. The van der Waals surface area contributed by atoms with E-state index in [9.17, 15) is 4.79 Å². The lowest BCUT2D eigenvalue weighted by atomic mass is 9.68. The van der Waals surface area contributed by atoms with Gasteiger partial charge in [-0.3, -0.25) is 9.69 Å². The minimum absolute atomic E-state index is 0.0190. The van der Waals surface area contributed by atoms with E-state index in [-0.39, 0.29) is 11.6 Å². The number of likely N-dealkylation sites (tertiary alicyclic amines) is 1. The van der Waals surface area contributed by atoms with Crippen molar-refractivity contribution in [2.75, 3.05) is 32.8 Å². The lowest BCUT2D eigenvalue weighted by Crippen LogP contribution is -2.52. The highest BCUT2D eigenvalue weighted by atomic mass is 16.5. The number of ether oxygens (including phenoxy) is 2. The van der Waals surface area contributed by atoms with Gasteiger partial charge in [0, 0.05) is 13.2 Å². The molecule has 0 amide bonds. The Balaban J connectivity index is 1.96. The van der Waals surface area contributed by atoms with Crippen LogP contribution < -0.4 is 0 Å². The third-order valence-electron chi connectivity index (χ3n) is 4.98. The van der Waals surface area contributed by atoms with Crippen LogP contribution in [0.3, 0.4) is 0 Å². The van der Waals surface area contributed by atoms with Crippen LogP contribution in [0.5, 0.6) is 0 Å². The van der Waals surface area contributed by atoms with Crippen LogP contribution in [-0.2, 0) is 14.3 Å². The number of carbonyl (C=O) groups is 1. The lowest BCUT2D eigenvalue weighted by Gasteiger charge is -2.50. The molecule has 4 heteroatoms. The van der Waals surface area contributed by atoms with Gasteiger partial charge in [-0.05, 0) is 57.9 Å². The Labute approximate surface area is 122 Å². The van der Waals surface area contributed by atoms with Crippen LogP contribution >= 0.6 is 0 Å². The first kappa shape index (κ1) is 15.8. The summed E-state index contributed by atoms with van der Waals surface area (Å²) in [4.78, 5) is 14.0. The number of piperidine rings is 1. The molecule has 2 aliphatic heterocycles. The molecule has 0 aromatic rings. The van der Waals surface area contributed by atoms with Crippen molar-refractivity contribution in [2.45, 2.75) is 58.5 Å². The zero-order chi connectivity index (χ0) is 14.6. The molecule has 1 spiro atoms. The molecule has 0 aromatic carbocycles. The van der Waals surface area contributed by atoms with Crippen LogP contribution in [0.15, 0.2) is 0 Å². The molecule has 2 rings (SSSR count). The van der Waals surface area contributed by atoms with E-state index in [2.05, 4.69) is 18.7 Å². The standard InChI is InChI=1S/C16H29NO3/c1-4-15(3)12-16(8-10-20-15)7-6-9-17(13-16)11-14(18)19-5-2/h4-13H2,1-3H3/t15-,16+/m0/s1. The molecule has 0 saturated carbocycles. The maximum absolute atomic E-state index is 11.7. The van der Waals surface area contributed by atoms with E-state index >= 15 is 0 Å². The Morgan fingerprint density at radius 1 is 1.35 bits per heavy atom. The molecule has 2 aliphatic rings. The van der Waals surface area contributed by atoms with Crippen molar-refractivity contribution in [1.29, 1.82) is 0 Å². The normalized spacial score (nSPS) is 35.1. The summed E-state index contributed by atoms with van der Waals surface area (Å²) in [5, 5.41) is 0. The second-order valence-corrected chi connectivity index (χ2v) is 6.70. The number of nitrogens with zero attached hydrogens (tertiary/aromatic N) is 1. The van der Waals surface area contributed by atoms with Gasteiger partial charge in [0.15, 0.2) is 0 Å². The maximum atomic E-state index is 11.7. The molecule has 116 valence electrons. The number of esters is 1. The second kappa shape index (κ2) is 6.44. The second-order valence-electron chi connectivity index (χ2n) is 6.70. The van der Waals surface area contributed by atoms with Crippen LogP contribution in [0, 0.1) is 5.41 Å². The molecule has 4 nitrogen and oxygen atoms in total. The summed E-state index contributed by atoms with van der Waals surface area (Å²) in [6.45, 7) is 10.1. The molecule has 2 heterocycles. The Morgan fingerprint density at radius 2 is 2.15 bits per heavy atom. The molecule has 2 saturated heterocycles. The molecule has 0 aromatic heterocycles. The first-order valence-corrected chi connectivity index (χ1v) is 8.03. The molecular weight excluding hydrogens is 254 g/mol. The number of carbonyl (C=O) groups excluding carboxylic acids is 1. The quantitative estimate of drug-likeness (QED) is 0.743. The summed E-state index contributed by atoms with van der Waals surface area (Å²) >= 11 is 0. The van der Waals surface area contributed by atoms with Crippen molar-refractivity contribution >= 4 is 5.97 Å². The molecule has 0 aliphatic carbocycles. The summed E-state index contributed by atoms with van der Waals surface area (Å²) in [5.74, 6) is -0.0881. The zero-order valence-corrected chi connectivity index (χ0v) is 13.2. The van der Waals surface area contributed by atoms with Gasteiger partial charge in [0.2, 0.25) is 0 Å². The topological polar surface area (TPSA) is 38.8 Å². The van der Waals surface area contributed by atoms with Gasteiger partial charge in [-0.1, -0.05) is 6.92 Å². The SMILES string of the molecule is CCOC(=O)CN1CCC[C@]2(CCO[C@@](C)(CC)C2)C1. The average Bonchev–Trinajstić information content (AvgIpc) is 2.39. The van der Waals surface area contributed by atoms with Gasteiger partial charge < -0.3 is 9.47 Å². The van der Waals surface area contributed by atoms with E-state index in [1.165, 1.54) is 12.8 Å². The third-order valence-corrected chi connectivity index (χ3v) is 4.98. The lowest BCUT2D eigenvalue weighted by molar-refractivity contribution is -0.149. The minimum Gasteiger partial charge on any atom is -0.465 e. The van der Waals surface area contributed by atoms with Gasteiger partial charge in [0.1, 0.15) is 0 Å². The number of hydrogen-bond acceptors (Lipinski definition) is 4. The van der Waals surface area contributed by atoms with Gasteiger partial charge in [-0.15, -0.1) is 0 Å². The van der Waals surface area contributed by atoms with E-state index < -0.39 is 0 Å². The van der Waals surface area contributed by atoms with Crippen LogP contribution in [0.2, 0.25) is 0 Å². The average molecular weight is 283 g/mol. The number of hydrogen-bond donors (Lipinski definition) is 0. The van der Waals surface area contributed by atoms with Crippen LogP contribution in [0.1, 0.15) is 52.9 Å². The van der Waals surface area contributed by atoms with Crippen molar-refractivity contribution in [3.63, 3.8) is 0 Å². The van der Waals surface area contributed by atoms with E-state index in [0.29, 0.717) is 18.6 Å². The van der Waals surface area contributed by atoms with Crippen molar-refractivity contribution < 1.29 is 14.3 Å². The Hall–Kier alpha value is -0.610. The van der Waals surface area contributed by atoms with Gasteiger partial charge in [-0.25, -0.2) is 0 Å². The van der Waals surface area contributed by atoms with Crippen molar-refractivity contribution in [3.8, 4) is 0 Å². The first-order chi connectivity index (χ1) is 9.51. The van der Waals surface area contributed by atoms with Crippen LogP contribution in [0.25, 0.3) is 0 Å². The summed E-state index contributed by atoms with van der Waals surface area (Å²) in [6, 6.07) is 0. The molecular formula is C16H29NO3. The van der Waals surface area contributed by atoms with Gasteiger partial charge in [0.25, 0.3) is 0 Å². The fourth-order valence-corrected chi connectivity index (χ4v) is 3.86. The van der Waals surface area contributed by atoms with E-state index in [1.54, 1.807) is 0 Å². The molecule has 2 atom stereocenters.